The summed E-state index contributed by atoms with van der Waals surface area (Å²) in [6.45, 7) is 5.78. The SMILES string of the molecule is CCN(CC)C(=O)CN(C)c1ccc(CO)cc1Br. The van der Waals surface area contributed by atoms with Crippen molar-refractivity contribution in [3.05, 3.63) is 28.2 Å². The van der Waals surface area contributed by atoms with Crippen molar-refractivity contribution in [2.75, 3.05) is 31.6 Å². The Morgan fingerprint density at radius 2 is 1.95 bits per heavy atom. The van der Waals surface area contributed by atoms with Gasteiger partial charge in [-0.2, -0.15) is 0 Å². The number of amides is 1. The maximum atomic E-state index is 12.1. The molecule has 0 heterocycles. The second-order valence-corrected chi connectivity index (χ2v) is 5.22. The number of benzene rings is 1. The van der Waals surface area contributed by atoms with E-state index in [-0.39, 0.29) is 12.5 Å². The van der Waals surface area contributed by atoms with Gasteiger partial charge in [0.15, 0.2) is 0 Å². The summed E-state index contributed by atoms with van der Waals surface area (Å²) in [5, 5.41) is 9.08. The predicted molar refractivity (Wildman–Crippen MR) is 81.3 cm³/mol. The van der Waals surface area contributed by atoms with Crippen LogP contribution in [0.2, 0.25) is 0 Å². The predicted octanol–water partition coefficient (Wildman–Crippen LogP) is 2.25. The molecule has 1 aromatic rings. The molecule has 0 atom stereocenters. The van der Waals surface area contributed by atoms with E-state index in [4.69, 9.17) is 5.11 Å². The minimum atomic E-state index is 0.0149. The van der Waals surface area contributed by atoms with Gasteiger partial charge in [-0.25, -0.2) is 0 Å². The quantitative estimate of drug-likeness (QED) is 0.871. The van der Waals surface area contributed by atoms with Crippen molar-refractivity contribution in [2.45, 2.75) is 20.5 Å². The third-order valence-electron chi connectivity index (χ3n) is 3.09. The molecule has 0 aromatic heterocycles. The van der Waals surface area contributed by atoms with Crippen LogP contribution < -0.4 is 4.90 Å². The van der Waals surface area contributed by atoms with Crippen LogP contribution >= 0.6 is 15.9 Å². The Labute approximate surface area is 123 Å². The zero-order valence-corrected chi connectivity index (χ0v) is 13.3. The molecule has 0 unspecified atom stereocenters. The molecule has 0 bridgehead atoms. The molecule has 0 aliphatic heterocycles. The molecule has 0 radical (unpaired) electrons. The van der Waals surface area contributed by atoms with Crippen molar-refractivity contribution in [2.24, 2.45) is 0 Å². The number of aliphatic hydroxyl groups is 1. The lowest BCUT2D eigenvalue weighted by molar-refractivity contribution is -0.129. The molecule has 1 amide bonds. The van der Waals surface area contributed by atoms with Crippen LogP contribution in [-0.4, -0.2) is 42.6 Å². The molecule has 0 aliphatic rings. The lowest BCUT2D eigenvalue weighted by Crippen LogP contribution is -2.38. The fourth-order valence-electron chi connectivity index (χ4n) is 1.92. The Hall–Kier alpha value is -1.07. The number of likely N-dealkylation sites (N-methyl/N-ethyl adjacent to an activating group) is 2. The minimum Gasteiger partial charge on any atom is -0.392 e. The van der Waals surface area contributed by atoms with Gasteiger partial charge in [0, 0.05) is 24.6 Å². The number of halogens is 1. The summed E-state index contributed by atoms with van der Waals surface area (Å²) in [5.41, 5.74) is 1.79. The zero-order valence-electron chi connectivity index (χ0n) is 11.7. The van der Waals surface area contributed by atoms with E-state index in [2.05, 4.69) is 15.9 Å². The Morgan fingerprint density at radius 1 is 1.32 bits per heavy atom. The third kappa shape index (κ3) is 4.21. The van der Waals surface area contributed by atoms with Crippen LogP contribution in [0.3, 0.4) is 0 Å². The van der Waals surface area contributed by atoms with Crippen LogP contribution in [0.4, 0.5) is 5.69 Å². The van der Waals surface area contributed by atoms with Crippen LogP contribution in [0.5, 0.6) is 0 Å². The van der Waals surface area contributed by atoms with Crippen LogP contribution in [0.15, 0.2) is 22.7 Å². The number of carbonyl (C=O) groups excluding carboxylic acids is 1. The topological polar surface area (TPSA) is 43.8 Å². The maximum absolute atomic E-state index is 12.1. The molecule has 5 heteroatoms. The van der Waals surface area contributed by atoms with Gasteiger partial charge in [-0.3, -0.25) is 4.79 Å². The summed E-state index contributed by atoms with van der Waals surface area (Å²) >= 11 is 3.47. The Morgan fingerprint density at radius 3 is 2.42 bits per heavy atom. The molecule has 0 spiro atoms. The van der Waals surface area contributed by atoms with E-state index >= 15 is 0 Å². The molecule has 106 valence electrons. The van der Waals surface area contributed by atoms with Gasteiger partial charge >= 0.3 is 0 Å². The van der Waals surface area contributed by atoms with E-state index in [9.17, 15) is 4.79 Å². The summed E-state index contributed by atoms with van der Waals surface area (Å²) in [7, 11) is 1.89. The molecule has 1 aromatic carbocycles. The molecule has 0 saturated heterocycles. The number of anilines is 1. The van der Waals surface area contributed by atoms with E-state index in [0.29, 0.717) is 6.54 Å². The van der Waals surface area contributed by atoms with Crippen molar-refractivity contribution in [1.82, 2.24) is 4.90 Å². The molecule has 0 saturated carbocycles. The average Bonchev–Trinajstić information content (AvgIpc) is 2.39. The highest BCUT2D eigenvalue weighted by Gasteiger charge is 2.14. The van der Waals surface area contributed by atoms with Gasteiger partial charge in [-0.1, -0.05) is 6.07 Å². The molecule has 0 fully saturated rings. The van der Waals surface area contributed by atoms with E-state index in [1.54, 1.807) is 0 Å². The summed E-state index contributed by atoms with van der Waals surface area (Å²) in [4.78, 5) is 15.8. The van der Waals surface area contributed by atoms with Crippen LogP contribution in [0.1, 0.15) is 19.4 Å². The van der Waals surface area contributed by atoms with Gasteiger partial charge in [0.05, 0.1) is 18.8 Å². The summed E-state index contributed by atoms with van der Waals surface area (Å²) in [6.07, 6.45) is 0. The molecule has 4 nitrogen and oxygen atoms in total. The second kappa shape index (κ2) is 7.50. The fraction of sp³-hybridized carbons (Fsp3) is 0.500. The lowest BCUT2D eigenvalue weighted by atomic mass is 10.2. The van der Waals surface area contributed by atoms with Crippen molar-refractivity contribution < 1.29 is 9.90 Å². The minimum absolute atomic E-state index is 0.0149. The maximum Gasteiger partial charge on any atom is 0.242 e. The number of carbonyl (C=O) groups is 1. The number of nitrogens with zero attached hydrogens (tertiary/aromatic N) is 2. The van der Waals surface area contributed by atoms with Crippen LogP contribution in [0.25, 0.3) is 0 Å². The van der Waals surface area contributed by atoms with Gasteiger partial charge < -0.3 is 14.9 Å². The Balaban J connectivity index is 2.78. The zero-order chi connectivity index (χ0) is 14.4. The van der Waals surface area contributed by atoms with E-state index in [1.807, 2.05) is 48.9 Å². The van der Waals surface area contributed by atoms with E-state index in [0.717, 1.165) is 28.8 Å². The number of aliphatic hydroxyl groups excluding tert-OH is 1. The summed E-state index contributed by atoms with van der Waals surface area (Å²) in [5.74, 6) is 0.116. The Kier molecular flexibility index (Phi) is 6.31. The molecule has 1 rings (SSSR count). The molecular weight excluding hydrogens is 308 g/mol. The first-order valence-electron chi connectivity index (χ1n) is 6.41. The molecular formula is C14H21BrN2O2. The molecule has 0 aliphatic carbocycles. The number of hydrogen-bond acceptors (Lipinski definition) is 3. The van der Waals surface area contributed by atoms with Crippen molar-refractivity contribution in [3.8, 4) is 0 Å². The van der Waals surface area contributed by atoms with E-state index < -0.39 is 0 Å². The van der Waals surface area contributed by atoms with Gasteiger partial charge in [0.1, 0.15) is 0 Å². The lowest BCUT2D eigenvalue weighted by Gasteiger charge is -2.25. The first-order valence-corrected chi connectivity index (χ1v) is 7.20. The first kappa shape index (κ1) is 16.0. The smallest absolute Gasteiger partial charge is 0.242 e. The summed E-state index contributed by atoms with van der Waals surface area (Å²) in [6, 6.07) is 5.64. The van der Waals surface area contributed by atoms with Crippen molar-refractivity contribution in [3.63, 3.8) is 0 Å². The first-order chi connectivity index (χ1) is 9.03. The number of rotatable bonds is 6. The average molecular weight is 329 g/mol. The molecule has 1 N–H and O–H groups in total. The van der Waals surface area contributed by atoms with Gasteiger partial charge in [-0.15, -0.1) is 0 Å². The highest BCUT2D eigenvalue weighted by molar-refractivity contribution is 9.10. The third-order valence-corrected chi connectivity index (χ3v) is 3.73. The standard InChI is InChI=1S/C14H21BrN2O2/c1-4-17(5-2)14(19)9-16(3)13-7-6-11(10-18)8-12(13)15/h6-8,18H,4-5,9-10H2,1-3H3. The van der Waals surface area contributed by atoms with Crippen LogP contribution in [-0.2, 0) is 11.4 Å². The van der Waals surface area contributed by atoms with Crippen molar-refractivity contribution >= 4 is 27.5 Å². The monoisotopic (exact) mass is 328 g/mol. The number of hydrogen-bond donors (Lipinski definition) is 1. The Bertz CT molecular complexity index is 433. The molecule has 19 heavy (non-hydrogen) atoms. The van der Waals surface area contributed by atoms with Crippen molar-refractivity contribution in [1.29, 1.82) is 0 Å². The normalized spacial score (nSPS) is 10.4. The highest BCUT2D eigenvalue weighted by atomic mass is 79.9. The largest absolute Gasteiger partial charge is 0.392 e. The second-order valence-electron chi connectivity index (χ2n) is 4.37. The summed E-state index contributed by atoms with van der Waals surface area (Å²) < 4.78 is 0.883. The van der Waals surface area contributed by atoms with Gasteiger partial charge in [0.25, 0.3) is 0 Å². The van der Waals surface area contributed by atoms with E-state index in [1.165, 1.54) is 0 Å². The van der Waals surface area contributed by atoms with Gasteiger partial charge in [-0.05, 0) is 47.5 Å². The fourth-order valence-corrected chi connectivity index (χ4v) is 2.65. The highest BCUT2D eigenvalue weighted by Crippen LogP contribution is 2.26. The van der Waals surface area contributed by atoms with Gasteiger partial charge in [0.2, 0.25) is 5.91 Å². The van der Waals surface area contributed by atoms with Crippen LogP contribution in [0, 0.1) is 0 Å².